The fourth-order valence-electron chi connectivity index (χ4n) is 2.46. The third kappa shape index (κ3) is 3.98. The molecule has 0 aromatic heterocycles. The van der Waals surface area contributed by atoms with Gasteiger partial charge in [-0.05, 0) is 45.4 Å². The molecule has 1 aromatic rings. The summed E-state index contributed by atoms with van der Waals surface area (Å²) in [5.74, 6) is -0.725. The van der Waals surface area contributed by atoms with Gasteiger partial charge in [-0.25, -0.2) is 8.78 Å². The van der Waals surface area contributed by atoms with Crippen LogP contribution in [0.4, 0.5) is 8.78 Å². The Kier molecular flexibility index (Phi) is 5.44. The van der Waals surface area contributed by atoms with Crippen LogP contribution in [0.2, 0.25) is 0 Å². The molecule has 108 valence electrons. The highest BCUT2D eigenvalue weighted by atomic mass is 19.1. The predicted octanol–water partition coefficient (Wildman–Crippen LogP) is 3.16. The van der Waals surface area contributed by atoms with Crippen LogP contribution in [-0.4, -0.2) is 35.7 Å². The highest BCUT2D eigenvalue weighted by Crippen LogP contribution is 2.32. The Morgan fingerprint density at radius 3 is 2.32 bits per heavy atom. The molecular weight excluding hydrogens is 248 g/mol. The van der Waals surface area contributed by atoms with Crippen LogP contribution in [0, 0.1) is 11.6 Å². The third-order valence-electron chi connectivity index (χ3n) is 3.54. The lowest BCUT2D eigenvalue weighted by Crippen LogP contribution is -2.39. The number of aliphatic hydroxyl groups excluding tert-OH is 1. The van der Waals surface area contributed by atoms with Crippen molar-refractivity contribution in [1.82, 2.24) is 4.90 Å². The van der Waals surface area contributed by atoms with Crippen LogP contribution in [0.3, 0.4) is 0 Å². The summed E-state index contributed by atoms with van der Waals surface area (Å²) in [6.45, 7) is 8.32. The summed E-state index contributed by atoms with van der Waals surface area (Å²) in [5, 5.41) is 7.00. The zero-order valence-corrected chi connectivity index (χ0v) is 12.1. The molecule has 0 bridgehead atoms. The second kappa shape index (κ2) is 6.44. The first-order valence-corrected chi connectivity index (χ1v) is 6.52. The zero-order valence-electron chi connectivity index (χ0n) is 12.1. The van der Waals surface area contributed by atoms with E-state index in [0.717, 1.165) is 32.7 Å². The summed E-state index contributed by atoms with van der Waals surface area (Å²) in [4.78, 5) is 2.35. The van der Waals surface area contributed by atoms with E-state index in [1.54, 1.807) is 6.07 Å². The van der Waals surface area contributed by atoms with Crippen molar-refractivity contribution in [2.24, 2.45) is 0 Å². The van der Waals surface area contributed by atoms with Gasteiger partial charge in [0.05, 0.1) is 0 Å². The van der Waals surface area contributed by atoms with Gasteiger partial charge in [0.15, 0.2) is 0 Å². The molecule has 1 unspecified atom stereocenters. The molecule has 0 aliphatic carbocycles. The second-order valence-electron chi connectivity index (χ2n) is 5.77. The number of halogens is 2. The molecule has 1 saturated heterocycles. The van der Waals surface area contributed by atoms with Crippen LogP contribution in [-0.2, 0) is 0 Å². The van der Waals surface area contributed by atoms with E-state index in [1.807, 2.05) is 0 Å². The van der Waals surface area contributed by atoms with Crippen LogP contribution < -0.4 is 0 Å². The summed E-state index contributed by atoms with van der Waals surface area (Å²) >= 11 is 0. The molecule has 1 aliphatic rings. The quantitative estimate of drug-likeness (QED) is 0.848. The molecule has 1 atom stereocenters. The molecule has 0 amide bonds. The summed E-state index contributed by atoms with van der Waals surface area (Å²) in [7, 11) is 1.00. The average Bonchev–Trinajstić information content (AvgIpc) is 2.80. The van der Waals surface area contributed by atoms with Crippen molar-refractivity contribution in [2.75, 3.05) is 20.2 Å². The Labute approximate surface area is 114 Å². The van der Waals surface area contributed by atoms with Crippen molar-refractivity contribution in [1.29, 1.82) is 0 Å². The van der Waals surface area contributed by atoms with Crippen LogP contribution in [0.1, 0.15) is 38.7 Å². The lowest BCUT2D eigenvalue weighted by atomic mass is 9.97. The van der Waals surface area contributed by atoms with Gasteiger partial charge in [-0.3, -0.25) is 4.90 Å². The molecule has 1 fully saturated rings. The van der Waals surface area contributed by atoms with Crippen LogP contribution in [0.25, 0.3) is 0 Å². The van der Waals surface area contributed by atoms with Gasteiger partial charge < -0.3 is 5.11 Å². The van der Waals surface area contributed by atoms with Crippen LogP contribution >= 0.6 is 0 Å². The number of hydrogen-bond acceptors (Lipinski definition) is 2. The van der Waals surface area contributed by atoms with Gasteiger partial charge in [0, 0.05) is 31.2 Å². The van der Waals surface area contributed by atoms with Crippen molar-refractivity contribution in [3.8, 4) is 0 Å². The number of benzene rings is 1. The molecule has 19 heavy (non-hydrogen) atoms. The van der Waals surface area contributed by atoms with E-state index in [4.69, 9.17) is 5.11 Å². The largest absolute Gasteiger partial charge is 0.400 e. The Morgan fingerprint density at radius 1 is 1.21 bits per heavy atom. The van der Waals surface area contributed by atoms with Crippen molar-refractivity contribution in [3.63, 3.8) is 0 Å². The van der Waals surface area contributed by atoms with E-state index >= 15 is 0 Å². The van der Waals surface area contributed by atoms with E-state index < -0.39 is 11.6 Å². The highest BCUT2D eigenvalue weighted by Gasteiger charge is 2.32. The van der Waals surface area contributed by atoms with E-state index in [2.05, 4.69) is 25.7 Å². The molecule has 2 rings (SSSR count). The molecule has 1 heterocycles. The maximum absolute atomic E-state index is 13.7. The van der Waals surface area contributed by atoms with Crippen molar-refractivity contribution >= 4 is 0 Å². The molecule has 4 heteroatoms. The normalized spacial score (nSPS) is 20.1. The molecule has 1 aromatic carbocycles. The number of aliphatic hydroxyl groups is 1. The summed E-state index contributed by atoms with van der Waals surface area (Å²) < 4.78 is 26.5. The number of likely N-dealkylation sites (tertiary alicyclic amines) is 1. The SMILES string of the molecule is CC(C)(C)N1CCC(c2ccc(F)cc2F)C1.CO. The van der Waals surface area contributed by atoms with Gasteiger partial charge in [0.1, 0.15) is 11.6 Å². The predicted molar refractivity (Wildman–Crippen MR) is 73.2 cm³/mol. The third-order valence-corrected chi connectivity index (χ3v) is 3.54. The Hall–Kier alpha value is -1.00. The van der Waals surface area contributed by atoms with Gasteiger partial charge >= 0.3 is 0 Å². The van der Waals surface area contributed by atoms with Gasteiger partial charge in [-0.1, -0.05) is 6.07 Å². The molecule has 0 radical (unpaired) electrons. The Morgan fingerprint density at radius 2 is 1.84 bits per heavy atom. The lowest BCUT2D eigenvalue weighted by Gasteiger charge is -2.31. The summed E-state index contributed by atoms with van der Waals surface area (Å²) in [5.41, 5.74) is 0.767. The van der Waals surface area contributed by atoms with Crippen molar-refractivity contribution < 1.29 is 13.9 Å². The van der Waals surface area contributed by atoms with E-state index in [9.17, 15) is 8.78 Å². The molecular formula is C15H23F2NO. The van der Waals surface area contributed by atoms with Gasteiger partial charge in [0.2, 0.25) is 0 Å². The molecule has 0 spiro atoms. The summed E-state index contributed by atoms with van der Waals surface area (Å²) in [6.07, 6.45) is 0.944. The summed E-state index contributed by atoms with van der Waals surface area (Å²) in [6, 6.07) is 3.91. The minimum atomic E-state index is -0.503. The average molecular weight is 271 g/mol. The van der Waals surface area contributed by atoms with Gasteiger partial charge in [-0.2, -0.15) is 0 Å². The maximum atomic E-state index is 13.7. The number of nitrogens with zero attached hydrogens (tertiary/aromatic N) is 1. The minimum Gasteiger partial charge on any atom is -0.400 e. The number of hydrogen-bond donors (Lipinski definition) is 1. The monoisotopic (exact) mass is 271 g/mol. The van der Waals surface area contributed by atoms with Crippen LogP contribution in [0.5, 0.6) is 0 Å². The standard InChI is InChI=1S/C14H19F2N.CH4O/c1-14(2,3)17-7-6-10(9-17)12-5-4-11(15)8-13(12)16;1-2/h4-5,8,10H,6-7,9H2,1-3H3;2H,1H3. The minimum absolute atomic E-state index is 0.116. The lowest BCUT2D eigenvalue weighted by molar-refractivity contribution is 0.172. The smallest absolute Gasteiger partial charge is 0.129 e. The molecule has 0 saturated carbocycles. The fourth-order valence-corrected chi connectivity index (χ4v) is 2.46. The topological polar surface area (TPSA) is 23.5 Å². The highest BCUT2D eigenvalue weighted by molar-refractivity contribution is 5.24. The van der Waals surface area contributed by atoms with Crippen LogP contribution in [0.15, 0.2) is 18.2 Å². The maximum Gasteiger partial charge on any atom is 0.129 e. The first-order chi connectivity index (χ1) is 8.88. The second-order valence-corrected chi connectivity index (χ2v) is 5.77. The zero-order chi connectivity index (χ0) is 14.6. The molecule has 2 nitrogen and oxygen atoms in total. The van der Waals surface area contributed by atoms with Crippen molar-refractivity contribution in [2.45, 2.75) is 38.6 Å². The van der Waals surface area contributed by atoms with E-state index in [0.29, 0.717) is 5.56 Å². The first kappa shape index (κ1) is 16.1. The van der Waals surface area contributed by atoms with E-state index in [-0.39, 0.29) is 11.5 Å². The molecule has 1 aliphatic heterocycles. The first-order valence-electron chi connectivity index (χ1n) is 6.52. The Bertz CT molecular complexity index is 415. The molecule has 1 N–H and O–H groups in total. The van der Waals surface area contributed by atoms with Gasteiger partial charge in [0.25, 0.3) is 0 Å². The van der Waals surface area contributed by atoms with Gasteiger partial charge in [-0.15, -0.1) is 0 Å². The van der Waals surface area contributed by atoms with Crippen molar-refractivity contribution in [3.05, 3.63) is 35.4 Å². The van der Waals surface area contributed by atoms with E-state index in [1.165, 1.54) is 6.07 Å². The number of rotatable bonds is 1. The Balaban J connectivity index is 0.000000861. The fraction of sp³-hybridized carbons (Fsp3) is 0.600.